The van der Waals surface area contributed by atoms with Gasteiger partial charge in [0.25, 0.3) is 0 Å². The summed E-state index contributed by atoms with van der Waals surface area (Å²) in [5.74, 6) is 1.04. The van der Waals surface area contributed by atoms with Gasteiger partial charge >= 0.3 is 0 Å². The van der Waals surface area contributed by atoms with Crippen LogP contribution in [-0.4, -0.2) is 35.2 Å². The zero-order valence-corrected chi connectivity index (χ0v) is 10.7. The van der Waals surface area contributed by atoms with Crippen molar-refractivity contribution < 1.29 is 9.00 Å². The van der Waals surface area contributed by atoms with Crippen molar-refractivity contribution in [2.45, 2.75) is 25.7 Å². The monoisotopic (exact) mass is 246 g/mol. The van der Waals surface area contributed by atoms with Crippen LogP contribution < -0.4 is 11.1 Å². The fourth-order valence-electron chi connectivity index (χ4n) is 2.28. The van der Waals surface area contributed by atoms with Crippen molar-refractivity contribution in [3.63, 3.8) is 0 Å². The number of amides is 1. The lowest BCUT2D eigenvalue weighted by Gasteiger charge is -2.29. The summed E-state index contributed by atoms with van der Waals surface area (Å²) in [7, 11) is -0.837. The fraction of sp³-hybridized carbons (Fsp3) is 0.909. The van der Waals surface area contributed by atoms with E-state index in [-0.39, 0.29) is 11.8 Å². The molecular formula is C11H22N2O2S. The van der Waals surface area contributed by atoms with Crippen LogP contribution in [-0.2, 0) is 15.6 Å². The van der Waals surface area contributed by atoms with E-state index in [1.165, 1.54) is 6.42 Å². The molecule has 0 aromatic heterocycles. The number of nitrogens with one attached hydrogen (secondary N) is 1. The summed E-state index contributed by atoms with van der Waals surface area (Å²) in [6.45, 7) is 1.10. The average molecular weight is 246 g/mol. The Kier molecular flexibility index (Phi) is 5.98. The molecule has 1 rings (SSSR count). The highest BCUT2D eigenvalue weighted by molar-refractivity contribution is 7.84. The smallest absolute Gasteiger partial charge is 0.223 e. The van der Waals surface area contributed by atoms with E-state index in [9.17, 15) is 9.00 Å². The zero-order chi connectivity index (χ0) is 12.0. The molecule has 1 amide bonds. The van der Waals surface area contributed by atoms with E-state index in [1.807, 2.05) is 0 Å². The van der Waals surface area contributed by atoms with Crippen LogP contribution in [0.2, 0.25) is 0 Å². The molecule has 5 heteroatoms. The predicted octanol–water partition coefficient (Wildman–Crippen LogP) is 0.246. The molecule has 0 bridgehead atoms. The number of carbonyl (C=O) groups is 1. The van der Waals surface area contributed by atoms with Crippen molar-refractivity contribution in [3.8, 4) is 0 Å². The average Bonchev–Trinajstić information content (AvgIpc) is 2.28. The third-order valence-corrected chi connectivity index (χ3v) is 4.02. The summed E-state index contributed by atoms with van der Waals surface area (Å²) in [6, 6.07) is 0. The second kappa shape index (κ2) is 7.01. The maximum absolute atomic E-state index is 11.9. The Morgan fingerprint density at radius 2 is 2.12 bits per heavy atom. The zero-order valence-electron chi connectivity index (χ0n) is 9.91. The van der Waals surface area contributed by atoms with Gasteiger partial charge < -0.3 is 11.1 Å². The minimum atomic E-state index is -0.837. The minimum absolute atomic E-state index is 0.0732. The number of carbonyl (C=O) groups excluding carboxylic acids is 1. The molecule has 4 nitrogen and oxygen atoms in total. The van der Waals surface area contributed by atoms with E-state index in [4.69, 9.17) is 5.73 Å². The molecule has 3 atom stereocenters. The number of nitrogens with two attached hydrogens (primary N) is 1. The van der Waals surface area contributed by atoms with Crippen molar-refractivity contribution in [1.82, 2.24) is 5.32 Å². The lowest BCUT2D eigenvalue weighted by Crippen LogP contribution is -2.40. The van der Waals surface area contributed by atoms with Gasteiger partial charge in [0.15, 0.2) is 0 Å². The first kappa shape index (κ1) is 13.6. The molecule has 0 aliphatic heterocycles. The summed E-state index contributed by atoms with van der Waals surface area (Å²) in [5, 5.41) is 2.86. The Morgan fingerprint density at radius 3 is 2.75 bits per heavy atom. The molecule has 3 unspecified atom stereocenters. The number of hydrogen-bond acceptors (Lipinski definition) is 3. The van der Waals surface area contributed by atoms with Gasteiger partial charge in [-0.05, 0) is 25.3 Å². The van der Waals surface area contributed by atoms with Crippen molar-refractivity contribution >= 4 is 16.7 Å². The molecule has 1 fully saturated rings. The first-order valence-corrected chi connectivity index (χ1v) is 7.65. The van der Waals surface area contributed by atoms with Crippen molar-refractivity contribution in [2.24, 2.45) is 17.6 Å². The van der Waals surface area contributed by atoms with E-state index in [1.54, 1.807) is 6.26 Å². The van der Waals surface area contributed by atoms with E-state index >= 15 is 0 Å². The Hall–Kier alpha value is -0.420. The van der Waals surface area contributed by atoms with Gasteiger partial charge in [0.2, 0.25) is 5.91 Å². The highest BCUT2D eigenvalue weighted by Gasteiger charge is 2.29. The summed E-state index contributed by atoms with van der Waals surface area (Å²) in [4.78, 5) is 11.9. The number of rotatable bonds is 5. The van der Waals surface area contributed by atoms with Gasteiger partial charge in [0.05, 0.1) is 0 Å². The molecule has 0 heterocycles. The van der Waals surface area contributed by atoms with E-state index in [0.29, 0.717) is 24.8 Å². The largest absolute Gasteiger partial charge is 0.355 e. The van der Waals surface area contributed by atoms with Crippen LogP contribution in [0.25, 0.3) is 0 Å². The molecule has 0 aromatic carbocycles. The predicted molar refractivity (Wildman–Crippen MR) is 66.4 cm³/mol. The highest BCUT2D eigenvalue weighted by atomic mass is 32.2. The Labute approximate surface area is 99.8 Å². The molecule has 1 aliphatic carbocycles. The normalized spacial score (nSPS) is 27.4. The molecule has 3 N–H and O–H groups in total. The van der Waals surface area contributed by atoms with Crippen LogP contribution in [0.3, 0.4) is 0 Å². The van der Waals surface area contributed by atoms with Gasteiger partial charge in [0, 0.05) is 35.3 Å². The van der Waals surface area contributed by atoms with Gasteiger partial charge in [-0.2, -0.15) is 0 Å². The van der Waals surface area contributed by atoms with Crippen LogP contribution in [0.4, 0.5) is 0 Å². The Morgan fingerprint density at radius 1 is 1.44 bits per heavy atom. The molecule has 0 aromatic rings. The maximum atomic E-state index is 11.9. The van der Waals surface area contributed by atoms with E-state index in [2.05, 4.69) is 5.32 Å². The number of hydrogen-bond donors (Lipinski definition) is 2. The van der Waals surface area contributed by atoms with Crippen LogP contribution >= 0.6 is 0 Å². The molecule has 0 saturated heterocycles. The molecule has 0 spiro atoms. The lowest BCUT2D eigenvalue weighted by atomic mass is 9.79. The van der Waals surface area contributed by atoms with Crippen LogP contribution in [0.5, 0.6) is 0 Å². The molecular weight excluding hydrogens is 224 g/mol. The summed E-state index contributed by atoms with van der Waals surface area (Å²) >= 11 is 0. The van der Waals surface area contributed by atoms with Crippen molar-refractivity contribution in [3.05, 3.63) is 0 Å². The molecule has 0 radical (unpaired) electrons. The van der Waals surface area contributed by atoms with Gasteiger partial charge in [-0.1, -0.05) is 12.8 Å². The first-order valence-electron chi connectivity index (χ1n) is 5.93. The Balaban J connectivity index is 2.35. The topological polar surface area (TPSA) is 72.2 Å². The molecule has 1 saturated carbocycles. The maximum Gasteiger partial charge on any atom is 0.223 e. The van der Waals surface area contributed by atoms with E-state index < -0.39 is 10.8 Å². The summed E-state index contributed by atoms with van der Waals surface area (Å²) in [5.41, 5.74) is 5.68. The second-order valence-electron chi connectivity index (χ2n) is 4.46. The highest BCUT2D eigenvalue weighted by Crippen LogP contribution is 2.29. The van der Waals surface area contributed by atoms with Gasteiger partial charge in [-0.25, -0.2) is 0 Å². The molecule has 1 aliphatic rings. The standard InChI is InChI=1S/C11H22N2O2S/c1-16(15)7-6-13-11(14)10-5-3-2-4-9(10)8-12/h9-10H,2-8,12H2,1H3,(H,13,14). The van der Waals surface area contributed by atoms with E-state index in [0.717, 1.165) is 19.3 Å². The van der Waals surface area contributed by atoms with Crippen molar-refractivity contribution in [2.75, 3.05) is 25.1 Å². The van der Waals surface area contributed by atoms with Gasteiger partial charge in [-0.15, -0.1) is 0 Å². The third kappa shape index (κ3) is 4.22. The minimum Gasteiger partial charge on any atom is -0.355 e. The molecule has 16 heavy (non-hydrogen) atoms. The quantitative estimate of drug-likeness (QED) is 0.730. The van der Waals surface area contributed by atoms with Crippen LogP contribution in [0.1, 0.15) is 25.7 Å². The van der Waals surface area contributed by atoms with Crippen molar-refractivity contribution in [1.29, 1.82) is 0 Å². The second-order valence-corrected chi connectivity index (χ2v) is 6.01. The summed E-state index contributed by atoms with van der Waals surface area (Å²) < 4.78 is 10.9. The lowest BCUT2D eigenvalue weighted by molar-refractivity contribution is -0.127. The van der Waals surface area contributed by atoms with Crippen LogP contribution in [0, 0.1) is 11.8 Å². The molecule has 94 valence electrons. The summed E-state index contributed by atoms with van der Waals surface area (Å²) in [6.07, 6.45) is 5.96. The van der Waals surface area contributed by atoms with Gasteiger partial charge in [-0.3, -0.25) is 9.00 Å². The van der Waals surface area contributed by atoms with Crippen LogP contribution in [0.15, 0.2) is 0 Å². The third-order valence-electron chi connectivity index (χ3n) is 3.24. The Bertz CT molecular complexity index is 258. The SMILES string of the molecule is CS(=O)CCNC(=O)C1CCCCC1CN. The first-order chi connectivity index (χ1) is 7.65. The van der Waals surface area contributed by atoms with Gasteiger partial charge in [0.1, 0.15) is 0 Å². The fourth-order valence-corrected chi connectivity index (χ4v) is 2.67.